The number of nitrogens with zero attached hydrogens (tertiary/aromatic N) is 1. The largest absolute Gasteiger partial charge is 0.478 e. The molecule has 0 bridgehead atoms. The Kier molecular flexibility index (Phi) is 7.85. The zero-order valence-corrected chi connectivity index (χ0v) is 15.4. The normalized spacial score (nSPS) is 18.6. The monoisotopic (exact) mass is 359 g/mol. The zero-order chi connectivity index (χ0) is 18.9. The molecule has 1 amide bonds. The quantitative estimate of drug-likeness (QED) is 0.496. The molecule has 0 aromatic heterocycles. The van der Waals surface area contributed by atoms with Gasteiger partial charge in [-0.2, -0.15) is 0 Å². The van der Waals surface area contributed by atoms with Gasteiger partial charge in [-0.05, 0) is 37.0 Å². The van der Waals surface area contributed by atoms with Crippen molar-refractivity contribution in [3.8, 4) is 0 Å². The fraction of sp³-hybridized carbons (Fsp3) is 0.524. The van der Waals surface area contributed by atoms with Gasteiger partial charge in [0.15, 0.2) is 0 Å². The molecule has 0 spiro atoms. The number of aliphatic hydroxyl groups excluding tert-OH is 1. The third-order valence-corrected chi connectivity index (χ3v) is 4.88. The number of carbonyl (C=O) groups is 2. The molecule has 5 heteroatoms. The van der Waals surface area contributed by atoms with E-state index in [1.165, 1.54) is 0 Å². The van der Waals surface area contributed by atoms with E-state index in [-0.39, 0.29) is 17.5 Å². The highest BCUT2D eigenvalue weighted by molar-refractivity contribution is 5.87. The first-order valence-corrected chi connectivity index (χ1v) is 9.49. The number of carboxylic acid groups (broad SMARTS) is 1. The minimum absolute atomic E-state index is 0.0432. The van der Waals surface area contributed by atoms with Crippen LogP contribution in [0.15, 0.2) is 36.4 Å². The molecule has 0 aliphatic carbocycles. The Bertz CT molecular complexity index is 623. The lowest BCUT2D eigenvalue weighted by Crippen LogP contribution is -2.33. The molecule has 1 aromatic rings. The summed E-state index contributed by atoms with van der Waals surface area (Å²) in [6.07, 6.45) is 9.41. The van der Waals surface area contributed by atoms with Crippen molar-refractivity contribution in [1.82, 2.24) is 4.90 Å². The minimum Gasteiger partial charge on any atom is -0.478 e. The Morgan fingerprint density at radius 1 is 1.31 bits per heavy atom. The second-order valence-corrected chi connectivity index (χ2v) is 6.89. The summed E-state index contributed by atoms with van der Waals surface area (Å²) in [6, 6.07) is 6.82. The van der Waals surface area contributed by atoms with Crippen LogP contribution in [-0.2, 0) is 11.2 Å². The number of benzene rings is 1. The minimum atomic E-state index is -0.936. The van der Waals surface area contributed by atoms with Crippen LogP contribution < -0.4 is 0 Å². The highest BCUT2D eigenvalue weighted by atomic mass is 16.4. The molecule has 26 heavy (non-hydrogen) atoms. The van der Waals surface area contributed by atoms with Crippen LogP contribution >= 0.6 is 0 Å². The number of likely N-dealkylation sites (tertiary alicyclic amines) is 1. The van der Waals surface area contributed by atoms with Crippen molar-refractivity contribution in [3.63, 3.8) is 0 Å². The third kappa shape index (κ3) is 5.99. The first-order valence-electron chi connectivity index (χ1n) is 9.49. The van der Waals surface area contributed by atoms with Crippen molar-refractivity contribution < 1.29 is 19.8 Å². The molecule has 142 valence electrons. The molecule has 1 fully saturated rings. The number of unbranched alkanes of at least 4 members (excludes halogenated alkanes) is 2. The lowest BCUT2D eigenvalue weighted by atomic mass is 10.1. The summed E-state index contributed by atoms with van der Waals surface area (Å²) in [4.78, 5) is 24.9. The lowest BCUT2D eigenvalue weighted by Gasteiger charge is -2.22. The third-order valence-electron chi connectivity index (χ3n) is 4.88. The number of amides is 1. The average molecular weight is 359 g/mol. The van der Waals surface area contributed by atoms with Gasteiger partial charge in [-0.1, -0.05) is 50.5 Å². The Morgan fingerprint density at radius 2 is 2.04 bits per heavy atom. The molecule has 1 aliphatic rings. The Hall–Kier alpha value is -2.14. The van der Waals surface area contributed by atoms with Crippen molar-refractivity contribution >= 4 is 11.9 Å². The number of carboxylic acids is 1. The van der Waals surface area contributed by atoms with Gasteiger partial charge < -0.3 is 15.1 Å². The van der Waals surface area contributed by atoms with Crippen molar-refractivity contribution in [2.24, 2.45) is 0 Å². The van der Waals surface area contributed by atoms with E-state index in [0.717, 1.165) is 37.7 Å². The van der Waals surface area contributed by atoms with E-state index < -0.39 is 12.1 Å². The summed E-state index contributed by atoms with van der Waals surface area (Å²) in [5.41, 5.74) is 1.28. The maximum atomic E-state index is 12.2. The van der Waals surface area contributed by atoms with Crippen LogP contribution in [0, 0.1) is 0 Å². The molecule has 1 aromatic carbocycles. The zero-order valence-electron chi connectivity index (χ0n) is 15.4. The van der Waals surface area contributed by atoms with Crippen LogP contribution in [0.4, 0.5) is 0 Å². The van der Waals surface area contributed by atoms with Crippen LogP contribution in [0.1, 0.15) is 61.4 Å². The second kappa shape index (κ2) is 10.1. The second-order valence-electron chi connectivity index (χ2n) is 6.89. The van der Waals surface area contributed by atoms with Crippen LogP contribution in [0.3, 0.4) is 0 Å². The van der Waals surface area contributed by atoms with Gasteiger partial charge in [-0.25, -0.2) is 4.79 Å². The van der Waals surface area contributed by atoms with Crippen molar-refractivity contribution in [3.05, 3.63) is 47.5 Å². The van der Waals surface area contributed by atoms with Crippen molar-refractivity contribution in [1.29, 1.82) is 0 Å². The number of carbonyl (C=O) groups excluding carboxylic acids is 1. The molecule has 0 saturated carbocycles. The molecule has 2 rings (SSSR count). The van der Waals surface area contributed by atoms with Gasteiger partial charge >= 0.3 is 5.97 Å². The first kappa shape index (κ1) is 20.2. The lowest BCUT2D eigenvalue weighted by molar-refractivity contribution is -0.128. The highest BCUT2D eigenvalue weighted by Crippen LogP contribution is 2.21. The van der Waals surface area contributed by atoms with Crippen LogP contribution in [0.25, 0.3) is 0 Å². The summed E-state index contributed by atoms with van der Waals surface area (Å²) in [5.74, 6) is -0.795. The van der Waals surface area contributed by atoms with Gasteiger partial charge in [0.05, 0.1) is 17.7 Å². The summed E-state index contributed by atoms with van der Waals surface area (Å²) in [7, 11) is 0. The molecule has 1 heterocycles. The maximum Gasteiger partial charge on any atom is 0.335 e. The summed E-state index contributed by atoms with van der Waals surface area (Å²) < 4.78 is 0. The van der Waals surface area contributed by atoms with Crippen molar-refractivity contribution in [2.45, 2.75) is 64.0 Å². The average Bonchev–Trinajstić information content (AvgIpc) is 2.98. The van der Waals surface area contributed by atoms with Crippen LogP contribution in [0.2, 0.25) is 0 Å². The summed E-state index contributed by atoms with van der Waals surface area (Å²) in [6.45, 7) is 2.74. The van der Waals surface area contributed by atoms with E-state index >= 15 is 0 Å². The predicted octanol–water partition coefficient (Wildman–Crippen LogP) is 3.42. The molecule has 5 nitrogen and oxygen atoms in total. The van der Waals surface area contributed by atoms with Gasteiger partial charge in [-0.15, -0.1) is 0 Å². The smallest absolute Gasteiger partial charge is 0.335 e. The SMILES string of the molecule is CCCCCC(O)C=CC1CCC(=O)N1CCc1ccc(C(=O)O)cc1. The molecule has 1 saturated heterocycles. The summed E-state index contributed by atoms with van der Waals surface area (Å²) >= 11 is 0. The van der Waals surface area contributed by atoms with E-state index in [9.17, 15) is 14.7 Å². The number of hydrogen-bond acceptors (Lipinski definition) is 3. The Morgan fingerprint density at radius 3 is 2.69 bits per heavy atom. The first-order chi connectivity index (χ1) is 12.5. The van der Waals surface area contributed by atoms with Gasteiger partial charge in [0.25, 0.3) is 0 Å². The van der Waals surface area contributed by atoms with Gasteiger partial charge in [0.1, 0.15) is 0 Å². The molecule has 1 aliphatic heterocycles. The maximum absolute atomic E-state index is 12.2. The van der Waals surface area contributed by atoms with E-state index in [1.54, 1.807) is 24.3 Å². The number of aromatic carboxylic acids is 1. The standard InChI is InChI=1S/C21H29NO4/c1-2-3-4-5-19(23)12-10-18-11-13-20(24)22(18)15-14-16-6-8-17(9-7-16)21(25)26/h6-10,12,18-19,23H,2-5,11,13-15H2,1H3,(H,25,26). The molecule has 2 N–H and O–H groups in total. The van der Waals surface area contributed by atoms with Gasteiger partial charge in [0, 0.05) is 13.0 Å². The molecule has 0 radical (unpaired) electrons. The highest BCUT2D eigenvalue weighted by Gasteiger charge is 2.28. The topological polar surface area (TPSA) is 77.8 Å². The molecule has 2 atom stereocenters. The number of aliphatic hydroxyl groups is 1. The fourth-order valence-corrected chi connectivity index (χ4v) is 3.27. The summed E-state index contributed by atoms with van der Waals surface area (Å²) in [5, 5.41) is 19.0. The van der Waals surface area contributed by atoms with Crippen LogP contribution in [-0.4, -0.2) is 45.7 Å². The van der Waals surface area contributed by atoms with E-state index in [1.807, 2.05) is 17.1 Å². The molecule has 2 unspecified atom stereocenters. The predicted molar refractivity (Wildman–Crippen MR) is 101 cm³/mol. The van der Waals surface area contributed by atoms with Gasteiger partial charge in [-0.3, -0.25) is 4.79 Å². The fourth-order valence-electron chi connectivity index (χ4n) is 3.27. The number of rotatable bonds is 10. The van der Waals surface area contributed by atoms with Crippen molar-refractivity contribution in [2.75, 3.05) is 6.54 Å². The molecular weight excluding hydrogens is 330 g/mol. The Balaban J connectivity index is 1.87. The van der Waals surface area contributed by atoms with E-state index in [2.05, 4.69) is 6.92 Å². The van der Waals surface area contributed by atoms with Crippen LogP contribution in [0.5, 0.6) is 0 Å². The van der Waals surface area contributed by atoms with Gasteiger partial charge in [0.2, 0.25) is 5.91 Å². The Labute approximate surface area is 155 Å². The van der Waals surface area contributed by atoms with E-state index in [0.29, 0.717) is 19.4 Å². The molecular formula is C21H29NO4. The number of hydrogen-bond donors (Lipinski definition) is 2. The van der Waals surface area contributed by atoms with E-state index in [4.69, 9.17) is 5.11 Å².